The zero-order valence-corrected chi connectivity index (χ0v) is 12.1. The van der Waals surface area contributed by atoms with Crippen LogP contribution in [0.3, 0.4) is 0 Å². The van der Waals surface area contributed by atoms with Crippen molar-refractivity contribution in [3.05, 3.63) is 33.8 Å². The van der Waals surface area contributed by atoms with Crippen LogP contribution in [0.4, 0.5) is 0 Å². The highest BCUT2D eigenvalue weighted by Gasteiger charge is 2.10. The Bertz CT molecular complexity index is 339. The Kier molecular flexibility index (Phi) is 6.94. The summed E-state index contributed by atoms with van der Waals surface area (Å²) in [5, 5.41) is 4.60. The van der Waals surface area contributed by atoms with Gasteiger partial charge in [0.1, 0.15) is 0 Å². The standard InChI is InChI=1S/C14H21Cl2N/c1-3-4-5-6-7-14(17-2)11-8-9-12(15)13(16)10-11/h8-10,14,17H,3-7H2,1-2H3. The van der Waals surface area contributed by atoms with Gasteiger partial charge in [0, 0.05) is 6.04 Å². The third kappa shape index (κ3) is 4.87. The lowest BCUT2D eigenvalue weighted by Crippen LogP contribution is -2.16. The van der Waals surface area contributed by atoms with Crippen molar-refractivity contribution in [3.63, 3.8) is 0 Å². The van der Waals surface area contributed by atoms with Crippen LogP contribution in [0.1, 0.15) is 50.6 Å². The summed E-state index contributed by atoms with van der Waals surface area (Å²) < 4.78 is 0. The first-order valence-electron chi connectivity index (χ1n) is 6.31. The minimum absolute atomic E-state index is 0.377. The second-order valence-corrected chi connectivity index (χ2v) is 5.18. The van der Waals surface area contributed by atoms with E-state index in [1.165, 1.54) is 31.2 Å². The van der Waals surface area contributed by atoms with Crippen LogP contribution in [0.2, 0.25) is 10.0 Å². The van der Waals surface area contributed by atoms with Crippen LogP contribution in [0, 0.1) is 0 Å². The zero-order valence-electron chi connectivity index (χ0n) is 10.6. The van der Waals surface area contributed by atoms with Gasteiger partial charge in [-0.1, -0.05) is 61.9 Å². The number of nitrogens with one attached hydrogen (secondary N) is 1. The van der Waals surface area contributed by atoms with Crippen molar-refractivity contribution in [2.75, 3.05) is 7.05 Å². The van der Waals surface area contributed by atoms with Crippen molar-refractivity contribution in [1.82, 2.24) is 5.32 Å². The number of halogens is 2. The summed E-state index contributed by atoms with van der Waals surface area (Å²) in [6, 6.07) is 6.26. The molecule has 1 atom stereocenters. The zero-order chi connectivity index (χ0) is 12.7. The molecule has 0 bridgehead atoms. The highest BCUT2D eigenvalue weighted by atomic mass is 35.5. The van der Waals surface area contributed by atoms with Gasteiger partial charge in [-0.05, 0) is 31.2 Å². The summed E-state index contributed by atoms with van der Waals surface area (Å²) in [7, 11) is 1.99. The largest absolute Gasteiger partial charge is 0.313 e. The van der Waals surface area contributed by atoms with Gasteiger partial charge in [0.25, 0.3) is 0 Å². The molecule has 96 valence electrons. The first-order valence-corrected chi connectivity index (χ1v) is 7.06. The van der Waals surface area contributed by atoms with Gasteiger partial charge < -0.3 is 5.32 Å². The predicted octanol–water partition coefficient (Wildman–Crippen LogP) is 5.22. The lowest BCUT2D eigenvalue weighted by atomic mass is 10.0. The molecule has 1 aromatic rings. The molecule has 1 N–H and O–H groups in total. The van der Waals surface area contributed by atoms with Crippen molar-refractivity contribution < 1.29 is 0 Å². The van der Waals surface area contributed by atoms with E-state index in [0.29, 0.717) is 16.1 Å². The highest BCUT2D eigenvalue weighted by molar-refractivity contribution is 6.42. The molecule has 1 unspecified atom stereocenters. The summed E-state index contributed by atoms with van der Waals surface area (Å²) in [4.78, 5) is 0. The van der Waals surface area contributed by atoms with Crippen LogP contribution in [-0.4, -0.2) is 7.05 Å². The molecule has 0 spiro atoms. The number of rotatable bonds is 7. The fourth-order valence-corrected chi connectivity index (χ4v) is 2.29. The van der Waals surface area contributed by atoms with E-state index in [1.807, 2.05) is 19.2 Å². The Hall–Kier alpha value is -0.240. The fraction of sp³-hybridized carbons (Fsp3) is 0.571. The monoisotopic (exact) mass is 273 g/mol. The Morgan fingerprint density at radius 1 is 1.12 bits per heavy atom. The van der Waals surface area contributed by atoms with Gasteiger partial charge in [-0.2, -0.15) is 0 Å². The molecule has 17 heavy (non-hydrogen) atoms. The van der Waals surface area contributed by atoms with Crippen LogP contribution in [0.15, 0.2) is 18.2 Å². The van der Waals surface area contributed by atoms with E-state index in [2.05, 4.69) is 18.3 Å². The molecule has 0 saturated carbocycles. The van der Waals surface area contributed by atoms with Crippen LogP contribution in [0.25, 0.3) is 0 Å². The molecule has 0 amide bonds. The molecule has 0 aromatic heterocycles. The molecule has 0 radical (unpaired) electrons. The predicted molar refractivity (Wildman–Crippen MR) is 77.0 cm³/mol. The Morgan fingerprint density at radius 2 is 1.88 bits per heavy atom. The maximum absolute atomic E-state index is 6.04. The molecule has 1 aromatic carbocycles. The number of hydrogen-bond acceptors (Lipinski definition) is 1. The average molecular weight is 274 g/mol. The maximum atomic E-state index is 6.04. The first kappa shape index (κ1) is 14.8. The molecular weight excluding hydrogens is 253 g/mol. The second-order valence-electron chi connectivity index (χ2n) is 4.36. The van der Waals surface area contributed by atoms with E-state index in [0.717, 1.165) is 6.42 Å². The molecular formula is C14H21Cl2N. The lowest BCUT2D eigenvalue weighted by Gasteiger charge is -2.17. The summed E-state index contributed by atoms with van der Waals surface area (Å²) in [6.45, 7) is 2.23. The molecule has 0 aliphatic heterocycles. The molecule has 0 aliphatic carbocycles. The van der Waals surface area contributed by atoms with Crippen LogP contribution in [0.5, 0.6) is 0 Å². The quantitative estimate of drug-likeness (QED) is 0.672. The number of hydrogen-bond donors (Lipinski definition) is 1. The molecule has 0 heterocycles. The third-order valence-electron chi connectivity index (χ3n) is 3.04. The van der Waals surface area contributed by atoms with Crippen LogP contribution < -0.4 is 5.32 Å². The van der Waals surface area contributed by atoms with E-state index in [-0.39, 0.29) is 0 Å². The van der Waals surface area contributed by atoms with Crippen molar-refractivity contribution >= 4 is 23.2 Å². The smallest absolute Gasteiger partial charge is 0.0595 e. The summed E-state index contributed by atoms with van der Waals surface area (Å²) in [5.41, 5.74) is 1.22. The normalized spacial score (nSPS) is 12.7. The summed E-state index contributed by atoms with van der Waals surface area (Å²) in [5.74, 6) is 0. The third-order valence-corrected chi connectivity index (χ3v) is 3.78. The molecule has 0 aliphatic rings. The first-order chi connectivity index (χ1) is 8.19. The minimum atomic E-state index is 0.377. The van der Waals surface area contributed by atoms with Gasteiger partial charge in [0.05, 0.1) is 10.0 Å². The molecule has 0 saturated heterocycles. The minimum Gasteiger partial charge on any atom is -0.313 e. The Labute approximate surface area is 115 Å². The van der Waals surface area contributed by atoms with E-state index in [9.17, 15) is 0 Å². The number of benzene rings is 1. The topological polar surface area (TPSA) is 12.0 Å². The SMILES string of the molecule is CCCCCCC(NC)c1ccc(Cl)c(Cl)c1. The summed E-state index contributed by atoms with van der Waals surface area (Å²) in [6.07, 6.45) is 6.29. The van der Waals surface area contributed by atoms with E-state index < -0.39 is 0 Å². The van der Waals surface area contributed by atoms with Crippen LogP contribution >= 0.6 is 23.2 Å². The Morgan fingerprint density at radius 3 is 2.47 bits per heavy atom. The van der Waals surface area contributed by atoms with Gasteiger partial charge >= 0.3 is 0 Å². The van der Waals surface area contributed by atoms with Crippen LogP contribution in [-0.2, 0) is 0 Å². The van der Waals surface area contributed by atoms with Crippen molar-refractivity contribution in [3.8, 4) is 0 Å². The van der Waals surface area contributed by atoms with Gasteiger partial charge in [-0.3, -0.25) is 0 Å². The van der Waals surface area contributed by atoms with Gasteiger partial charge in [0.15, 0.2) is 0 Å². The van der Waals surface area contributed by atoms with Gasteiger partial charge in [-0.25, -0.2) is 0 Å². The molecule has 3 heteroatoms. The van der Waals surface area contributed by atoms with E-state index >= 15 is 0 Å². The second kappa shape index (κ2) is 7.97. The summed E-state index contributed by atoms with van der Waals surface area (Å²) >= 11 is 12.0. The average Bonchev–Trinajstić information content (AvgIpc) is 2.33. The lowest BCUT2D eigenvalue weighted by molar-refractivity contribution is 0.505. The van der Waals surface area contributed by atoms with Crippen molar-refractivity contribution in [1.29, 1.82) is 0 Å². The highest BCUT2D eigenvalue weighted by Crippen LogP contribution is 2.27. The number of unbranched alkanes of at least 4 members (excludes halogenated alkanes) is 3. The molecule has 1 nitrogen and oxygen atoms in total. The fourth-order valence-electron chi connectivity index (χ4n) is 1.98. The van der Waals surface area contributed by atoms with E-state index in [1.54, 1.807) is 0 Å². The van der Waals surface area contributed by atoms with Gasteiger partial charge in [0.2, 0.25) is 0 Å². The van der Waals surface area contributed by atoms with Crippen molar-refractivity contribution in [2.24, 2.45) is 0 Å². The molecule has 0 fully saturated rings. The van der Waals surface area contributed by atoms with Gasteiger partial charge in [-0.15, -0.1) is 0 Å². The Balaban J connectivity index is 2.56. The molecule has 1 rings (SSSR count). The maximum Gasteiger partial charge on any atom is 0.0595 e. The van der Waals surface area contributed by atoms with Crippen molar-refractivity contribution in [2.45, 2.75) is 45.1 Å². The van der Waals surface area contributed by atoms with E-state index in [4.69, 9.17) is 23.2 Å².